The summed E-state index contributed by atoms with van der Waals surface area (Å²) in [5, 5.41) is 7.17. The quantitative estimate of drug-likeness (QED) is 0.142. The standard InChI is InChI=1S/C37H44N8O6/c1-6-15-44(31(46)19-38-36(48)50-4)20-30-39-26-13-10-23(18-28(26)40-30)22-9-12-25-24(17-22)11-14-27-33(25)42-34(41-27)29-8-7-16-45(29)35(47)32(21(2)3)43-37(49)51-5/h9-14,17-18,21,29,32H,6-8,15-16,19-20H2,1-5H3,(H,38,48)(H,39,40)(H,41,42)(H,43,49)/t29-,32?/m0/s1. The Kier molecular flexibility index (Phi) is 10.4. The molecule has 3 aromatic carbocycles. The van der Waals surface area contributed by atoms with Gasteiger partial charge in [0.1, 0.15) is 24.2 Å². The molecule has 0 bridgehead atoms. The van der Waals surface area contributed by atoms with Crippen molar-refractivity contribution in [3.63, 3.8) is 0 Å². The van der Waals surface area contributed by atoms with Gasteiger partial charge < -0.3 is 39.9 Å². The molecule has 1 unspecified atom stereocenters. The van der Waals surface area contributed by atoms with Gasteiger partial charge in [-0.2, -0.15) is 0 Å². The summed E-state index contributed by atoms with van der Waals surface area (Å²) < 4.78 is 9.34. The molecule has 1 aliphatic heterocycles. The number of carbonyl (C=O) groups excluding carboxylic acids is 4. The third kappa shape index (κ3) is 7.44. The molecule has 1 aliphatic rings. The number of methoxy groups -OCH3 is 2. The smallest absolute Gasteiger partial charge is 0.407 e. The number of hydrogen-bond donors (Lipinski definition) is 4. The molecule has 2 aromatic heterocycles. The van der Waals surface area contributed by atoms with Crippen LogP contribution < -0.4 is 10.6 Å². The average molecular weight is 697 g/mol. The van der Waals surface area contributed by atoms with E-state index in [4.69, 9.17) is 14.7 Å². The van der Waals surface area contributed by atoms with Crippen molar-refractivity contribution in [3.8, 4) is 11.1 Å². The lowest BCUT2D eigenvalue weighted by atomic mass is 10.0. The molecule has 268 valence electrons. The van der Waals surface area contributed by atoms with E-state index in [1.807, 2.05) is 49.9 Å². The maximum Gasteiger partial charge on any atom is 0.407 e. The first-order valence-corrected chi connectivity index (χ1v) is 17.3. The molecule has 4 amide bonds. The number of aromatic nitrogens is 4. The van der Waals surface area contributed by atoms with E-state index in [1.54, 1.807) is 4.90 Å². The molecule has 51 heavy (non-hydrogen) atoms. The van der Waals surface area contributed by atoms with Crippen molar-refractivity contribution in [3.05, 3.63) is 60.2 Å². The second kappa shape index (κ2) is 15.1. The predicted molar refractivity (Wildman–Crippen MR) is 193 cm³/mol. The first-order chi connectivity index (χ1) is 24.6. The minimum atomic E-state index is -0.698. The summed E-state index contributed by atoms with van der Waals surface area (Å²) in [6.45, 7) is 7.03. The Morgan fingerprint density at radius 3 is 2.47 bits per heavy atom. The van der Waals surface area contributed by atoms with Gasteiger partial charge in [0.2, 0.25) is 11.8 Å². The van der Waals surface area contributed by atoms with Gasteiger partial charge in [-0.1, -0.05) is 45.0 Å². The van der Waals surface area contributed by atoms with Crippen molar-refractivity contribution in [1.29, 1.82) is 0 Å². The second-order valence-corrected chi connectivity index (χ2v) is 13.1. The van der Waals surface area contributed by atoms with Crippen LogP contribution in [0.25, 0.3) is 44.0 Å². The zero-order valence-electron chi connectivity index (χ0n) is 29.5. The summed E-state index contributed by atoms with van der Waals surface area (Å²) in [4.78, 5) is 69.9. The first kappa shape index (κ1) is 35.2. The van der Waals surface area contributed by atoms with Crippen LogP contribution in [-0.2, 0) is 25.6 Å². The van der Waals surface area contributed by atoms with Crippen LogP contribution in [0.5, 0.6) is 0 Å². The molecule has 14 nitrogen and oxygen atoms in total. The fourth-order valence-corrected chi connectivity index (χ4v) is 6.74. The minimum absolute atomic E-state index is 0.113. The largest absolute Gasteiger partial charge is 0.453 e. The summed E-state index contributed by atoms with van der Waals surface area (Å²) in [5.74, 6) is 0.901. The van der Waals surface area contributed by atoms with Crippen molar-refractivity contribution in [2.45, 2.75) is 58.7 Å². The Morgan fingerprint density at radius 1 is 0.961 bits per heavy atom. The number of benzene rings is 3. The molecule has 1 saturated heterocycles. The Morgan fingerprint density at radius 2 is 1.73 bits per heavy atom. The fraction of sp³-hybridized carbons (Fsp3) is 0.405. The van der Waals surface area contributed by atoms with Crippen LogP contribution in [0, 0.1) is 5.92 Å². The summed E-state index contributed by atoms with van der Waals surface area (Å²) in [6.07, 6.45) is 1.09. The minimum Gasteiger partial charge on any atom is -0.453 e. The number of hydrogen-bond acceptors (Lipinski definition) is 8. The number of imidazole rings is 2. The highest BCUT2D eigenvalue weighted by molar-refractivity contribution is 6.05. The second-order valence-electron chi connectivity index (χ2n) is 13.1. The monoisotopic (exact) mass is 696 g/mol. The first-order valence-electron chi connectivity index (χ1n) is 17.3. The number of nitrogens with one attached hydrogen (secondary N) is 4. The highest BCUT2D eigenvalue weighted by atomic mass is 16.5. The highest BCUT2D eigenvalue weighted by Crippen LogP contribution is 2.35. The number of aromatic amines is 2. The molecule has 2 atom stereocenters. The molecule has 14 heteroatoms. The summed E-state index contributed by atoms with van der Waals surface area (Å²) in [7, 11) is 2.54. The van der Waals surface area contributed by atoms with Crippen molar-refractivity contribution >= 4 is 56.8 Å². The zero-order chi connectivity index (χ0) is 36.2. The van der Waals surface area contributed by atoms with E-state index in [0.29, 0.717) is 18.9 Å². The molecule has 1 fully saturated rings. The van der Waals surface area contributed by atoms with Crippen LogP contribution in [0.1, 0.15) is 57.7 Å². The van der Waals surface area contributed by atoms with E-state index in [9.17, 15) is 19.2 Å². The van der Waals surface area contributed by atoms with Crippen molar-refractivity contribution in [2.75, 3.05) is 33.9 Å². The normalized spacial score (nSPS) is 15.0. The number of rotatable bonds is 11. The van der Waals surface area contributed by atoms with Crippen LogP contribution in [-0.4, -0.2) is 93.6 Å². The molecule has 3 heterocycles. The van der Waals surface area contributed by atoms with Gasteiger partial charge in [-0.15, -0.1) is 0 Å². The lowest BCUT2D eigenvalue weighted by Gasteiger charge is -2.29. The van der Waals surface area contributed by atoms with Gasteiger partial charge in [0.25, 0.3) is 0 Å². The molecular formula is C37H44N8O6. The fourth-order valence-electron chi connectivity index (χ4n) is 6.74. The van der Waals surface area contributed by atoms with Crippen LogP contribution in [0.4, 0.5) is 9.59 Å². The molecule has 0 spiro atoms. The summed E-state index contributed by atoms with van der Waals surface area (Å²) >= 11 is 0. The number of H-pyrrole nitrogens is 2. The number of alkyl carbamates (subject to hydrolysis) is 2. The highest BCUT2D eigenvalue weighted by Gasteiger charge is 2.37. The lowest BCUT2D eigenvalue weighted by molar-refractivity contribution is -0.135. The predicted octanol–water partition coefficient (Wildman–Crippen LogP) is 5.40. The van der Waals surface area contributed by atoms with Gasteiger partial charge in [0.15, 0.2) is 0 Å². The zero-order valence-corrected chi connectivity index (χ0v) is 29.5. The number of fused-ring (bicyclic) bond motifs is 4. The lowest BCUT2D eigenvalue weighted by Crippen LogP contribution is -2.51. The number of nitrogens with zero attached hydrogens (tertiary/aromatic N) is 4. The van der Waals surface area contributed by atoms with Gasteiger partial charge in [-0.05, 0) is 66.0 Å². The number of carbonyl (C=O) groups is 4. The van der Waals surface area contributed by atoms with E-state index in [0.717, 1.165) is 69.1 Å². The number of amides is 4. The van der Waals surface area contributed by atoms with E-state index in [-0.39, 0.29) is 36.9 Å². The molecule has 5 aromatic rings. The maximum absolute atomic E-state index is 13.6. The SMILES string of the molecule is CCCN(Cc1nc2ccc(-c3ccc4c(ccc5[nH]c([C@@H]6CCCN6C(=O)C(NC(=O)OC)C(C)C)nc54)c3)cc2[nH]1)C(=O)CNC(=O)OC. The van der Waals surface area contributed by atoms with Crippen molar-refractivity contribution in [2.24, 2.45) is 5.92 Å². The van der Waals surface area contributed by atoms with Crippen LogP contribution in [0.2, 0.25) is 0 Å². The van der Waals surface area contributed by atoms with Gasteiger partial charge >= 0.3 is 12.2 Å². The van der Waals surface area contributed by atoms with Crippen molar-refractivity contribution < 1.29 is 28.7 Å². The third-order valence-electron chi connectivity index (χ3n) is 9.35. The molecule has 0 aliphatic carbocycles. The van der Waals surface area contributed by atoms with E-state index >= 15 is 0 Å². The Labute approximate surface area is 295 Å². The topological polar surface area (TPSA) is 175 Å². The Balaban J connectivity index is 1.22. The molecule has 4 N–H and O–H groups in total. The number of likely N-dealkylation sites (tertiary alicyclic amines) is 1. The van der Waals surface area contributed by atoms with E-state index in [1.165, 1.54) is 14.2 Å². The van der Waals surface area contributed by atoms with Crippen LogP contribution in [0.15, 0.2) is 48.5 Å². The molecule has 6 rings (SSSR count). The summed E-state index contributed by atoms with van der Waals surface area (Å²) in [6, 6.07) is 15.5. The van der Waals surface area contributed by atoms with E-state index < -0.39 is 18.2 Å². The Bertz CT molecular complexity index is 2090. The summed E-state index contributed by atoms with van der Waals surface area (Å²) in [5.41, 5.74) is 5.40. The van der Waals surface area contributed by atoms with Crippen LogP contribution >= 0.6 is 0 Å². The van der Waals surface area contributed by atoms with Gasteiger partial charge in [-0.25, -0.2) is 19.6 Å². The van der Waals surface area contributed by atoms with Gasteiger partial charge in [0, 0.05) is 18.5 Å². The maximum atomic E-state index is 13.6. The van der Waals surface area contributed by atoms with Gasteiger partial charge in [-0.3, -0.25) is 9.59 Å². The third-order valence-corrected chi connectivity index (χ3v) is 9.35. The molecule has 0 saturated carbocycles. The Hall–Kier alpha value is -5.66. The average Bonchev–Trinajstić information content (AvgIpc) is 3.89. The van der Waals surface area contributed by atoms with Crippen LogP contribution in [0.3, 0.4) is 0 Å². The molecular weight excluding hydrogens is 652 g/mol. The molecule has 0 radical (unpaired) electrons. The van der Waals surface area contributed by atoms with Gasteiger partial charge in [0.05, 0.1) is 48.9 Å². The van der Waals surface area contributed by atoms with Crippen molar-refractivity contribution in [1.82, 2.24) is 40.4 Å². The number of ether oxygens (including phenoxy) is 2. The van der Waals surface area contributed by atoms with E-state index in [2.05, 4.69) is 49.6 Å².